The summed E-state index contributed by atoms with van der Waals surface area (Å²) in [6.07, 6.45) is 14.8. The lowest BCUT2D eigenvalue weighted by atomic mass is 9.90. The summed E-state index contributed by atoms with van der Waals surface area (Å²) >= 11 is 0. The van der Waals surface area contributed by atoms with Gasteiger partial charge in [-0.1, -0.05) is 122 Å². The maximum Gasteiger partial charge on any atom is 0.196 e. The molecule has 0 amide bonds. The zero-order chi connectivity index (χ0) is 40.0. The van der Waals surface area contributed by atoms with E-state index < -0.39 is 0 Å². The standard InChI is InChI=1S/C54H41N5O/c1-35-24-27-49-45(32-35)50-52(60-49)53(56-34-55-50)58-46-22-11-9-18-41(46)43-21-13-20-40(51(43)58)36-25-26-48-44(33-36)42-19-10-12-23-47(42)59(48)54(2)30-28-39(29-31-54)57(37-14-5-3-6-15-37)38-16-7-4-8-17-38/h3-30,33-35H,31-32H2,1-2H3. The molecular formula is C54H41N5O. The molecule has 2 aliphatic rings. The van der Waals surface area contributed by atoms with Gasteiger partial charge in [-0.25, -0.2) is 9.97 Å². The first kappa shape index (κ1) is 34.6. The molecule has 0 saturated heterocycles. The van der Waals surface area contributed by atoms with E-state index in [2.05, 4.69) is 204 Å². The normalized spacial score (nSPS) is 17.6. The molecule has 6 nitrogen and oxygen atoms in total. The average Bonchev–Trinajstić information content (AvgIpc) is 3.96. The fourth-order valence-corrected chi connectivity index (χ4v) is 9.90. The molecule has 288 valence electrons. The van der Waals surface area contributed by atoms with Gasteiger partial charge in [0.2, 0.25) is 0 Å². The van der Waals surface area contributed by atoms with Crippen LogP contribution < -0.4 is 4.90 Å². The summed E-state index contributed by atoms with van der Waals surface area (Å²) < 4.78 is 11.5. The van der Waals surface area contributed by atoms with Crippen LogP contribution in [-0.4, -0.2) is 19.1 Å². The number of hydrogen-bond donors (Lipinski definition) is 0. The molecular weight excluding hydrogens is 735 g/mol. The number of benzene rings is 6. The van der Waals surface area contributed by atoms with Gasteiger partial charge >= 0.3 is 0 Å². The first-order valence-corrected chi connectivity index (χ1v) is 20.8. The summed E-state index contributed by atoms with van der Waals surface area (Å²) in [6, 6.07) is 52.4. The smallest absolute Gasteiger partial charge is 0.196 e. The SMILES string of the molecule is CC1C=Cc2oc3c(-n4c5ccccc5c5cccc(-c6ccc7c(c6)c6ccccc6n7C6(C)C=CC(N(c7ccccc7)c7ccccc7)=CC6)c54)ncnc3c2C1. The van der Waals surface area contributed by atoms with Crippen LogP contribution in [0.5, 0.6) is 0 Å². The molecule has 4 heterocycles. The van der Waals surface area contributed by atoms with E-state index in [-0.39, 0.29) is 5.54 Å². The monoisotopic (exact) mass is 775 g/mol. The van der Waals surface area contributed by atoms with Crippen LogP contribution in [0.1, 0.15) is 31.6 Å². The molecule has 0 fully saturated rings. The Morgan fingerprint density at radius 1 is 0.683 bits per heavy atom. The first-order valence-electron chi connectivity index (χ1n) is 20.8. The summed E-state index contributed by atoms with van der Waals surface area (Å²) in [7, 11) is 0. The fraction of sp³-hybridized carbons (Fsp3) is 0.111. The molecule has 2 aliphatic carbocycles. The number of rotatable bonds is 6. The Morgan fingerprint density at radius 3 is 2.12 bits per heavy atom. The third kappa shape index (κ3) is 5.20. The summed E-state index contributed by atoms with van der Waals surface area (Å²) in [5.41, 5.74) is 12.8. The van der Waals surface area contributed by atoms with Crippen molar-refractivity contribution in [1.82, 2.24) is 19.1 Å². The maximum atomic E-state index is 6.63. The van der Waals surface area contributed by atoms with Gasteiger partial charge in [-0.05, 0) is 91.9 Å². The van der Waals surface area contributed by atoms with E-state index in [4.69, 9.17) is 14.4 Å². The number of aromatic nitrogens is 4. The zero-order valence-electron chi connectivity index (χ0n) is 33.5. The van der Waals surface area contributed by atoms with Crippen LogP contribution in [0, 0.1) is 5.92 Å². The molecule has 0 aliphatic heterocycles. The van der Waals surface area contributed by atoms with Crippen molar-refractivity contribution in [3.63, 3.8) is 0 Å². The molecule has 10 aromatic rings. The van der Waals surface area contributed by atoms with E-state index in [0.717, 1.165) is 80.3 Å². The highest BCUT2D eigenvalue weighted by Gasteiger charge is 2.31. The van der Waals surface area contributed by atoms with Crippen LogP contribution in [0.25, 0.3) is 77.7 Å². The van der Waals surface area contributed by atoms with Gasteiger partial charge in [0, 0.05) is 60.8 Å². The molecule has 0 saturated carbocycles. The van der Waals surface area contributed by atoms with Crippen molar-refractivity contribution >= 4 is 72.2 Å². The zero-order valence-corrected chi connectivity index (χ0v) is 33.5. The minimum Gasteiger partial charge on any atom is -0.451 e. The van der Waals surface area contributed by atoms with Gasteiger partial charge in [-0.2, -0.15) is 0 Å². The van der Waals surface area contributed by atoms with Gasteiger partial charge in [0.05, 0.1) is 16.6 Å². The van der Waals surface area contributed by atoms with Crippen molar-refractivity contribution in [2.75, 3.05) is 4.90 Å². The lowest BCUT2D eigenvalue weighted by molar-refractivity contribution is 0.435. The summed E-state index contributed by atoms with van der Waals surface area (Å²) in [4.78, 5) is 12.1. The van der Waals surface area contributed by atoms with Crippen molar-refractivity contribution < 1.29 is 4.42 Å². The Balaban J connectivity index is 1.01. The van der Waals surface area contributed by atoms with E-state index >= 15 is 0 Å². The maximum absolute atomic E-state index is 6.63. The van der Waals surface area contributed by atoms with Crippen LogP contribution in [0.3, 0.4) is 0 Å². The number of para-hydroxylation sites is 5. The molecule has 6 heteroatoms. The van der Waals surface area contributed by atoms with E-state index in [0.29, 0.717) is 5.92 Å². The highest BCUT2D eigenvalue weighted by molar-refractivity contribution is 6.16. The van der Waals surface area contributed by atoms with Crippen LogP contribution >= 0.6 is 0 Å². The fourth-order valence-electron chi connectivity index (χ4n) is 9.90. The molecule has 12 rings (SSSR count). The van der Waals surface area contributed by atoms with E-state index in [1.807, 2.05) is 0 Å². The second kappa shape index (κ2) is 13.3. The van der Waals surface area contributed by atoms with Crippen LogP contribution in [0.4, 0.5) is 11.4 Å². The third-order valence-electron chi connectivity index (χ3n) is 12.7. The van der Waals surface area contributed by atoms with E-state index in [9.17, 15) is 0 Å². The number of nitrogens with zero attached hydrogens (tertiary/aromatic N) is 5. The Hall–Kier alpha value is -7.44. The summed E-state index contributed by atoms with van der Waals surface area (Å²) in [5, 5.41) is 4.81. The number of hydrogen-bond acceptors (Lipinski definition) is 4. The molecule has 60 heavy (non-hydrogen) atoms. The van der Waals surface area contributed by atoms with Crippen molar-refractivity contribution in [3.8, 4) is 16.9 Å². The number of furan rings is 1. The van der Waals surface area contributed by atoms with Crippen molar-refractivity contribution in [1.29, 1.82) is 0 Å². The van der Waals surface area contributed by atoms with Gasteiger partial charge in [0.25, 0.3) is 0 Å². The molecule has 4 aromatic heterocycles. The van der Waals surface area contributed by atoms with Gasteiger partial charge in [-0.15, -0.1) is 0 Å². The third-order valence-corrected chi connectivity index (χ3v) is 12.7. The summed E-state index contributed by atoms with van der Waals surface area (Å²) in [5.74, 6) is 2.06. The molecule has 0 spiro atoms. The van der Waals surface area contributed by atoms with Crippen molar-refractivity contribution in [3.05, 3.63) is 193 Å². The Kier molecular flexibility index (Phi) is 7.67. The van der Waals surface area contributed by atoms with Gasteiger partial charge in [0.15, 0.2) is 11.4 Å². The lowest BCUT2D eigenvalue weighted by Gasteiger charge is -2.35. The largest absolute Gasteiger partial charge is 0.451 e. The molecule has 2 atom stereocenters. The predicted molar refractivity (Wildman–Crippen MR) is 247 cm³/mol. The highest BCUT2D eigenvalue weighted by Crippen LogP contribution is 2.45. The molecule has 0 N–H and O–H groups in total. The van der Waals surface area contributed by atoms with Crippen molar-refractivity contribution in [2.24, 2.45) is 5.92 Å². The minimum atomic E-state index is -0.300. The predicted octanol–water partition coefficient (Wildman–Crippen LogP) is 13.7. The molecule has 0 bridgehead atoms. The quantitative estimate of drug-likeness (QED) is 0.169. The van der Waals surface area contributed by atoms with Crippen LogP contribution in [-0.2, 0) is 12.0 Å². The van der Waals surface area contributed by atoms with Crippen LogP contribution in [0.15, 0.2) is 186 Å². The number of allylic oxidation sites excluding steroid dienone is 4. The van der Waals surface area contributed by atoms with E-state index in [1.54, 1.807) is 6.33 Å². The van der Waals surface area contributed by atoms with Gasteiger partial charge in [0.1, 0.15) is 17.6 Å². The molecule has 2 unspecified atom stereocenters. The van der Waals surface area contributed by atoms with Crippen LogP contribution in [0.2, 0.25) is 0 Å². The Morgan fingerprint density at radius 2 is 1.37 bits per heavy atom. The number of fused-ring (bicyclic) bond motifs is 9. The average molecular weight is 776 g/mol. The second-order valence-corrected chi connectivity index (χ2v) is 16.5. The Bertz CT molecular complexity index is 3380. The second-order valence-electron chi connectivity index (χ2n) is 16.5. The lowest BCUT2D eigenvalue weighted by Crippen LogP contribution is -2.30. The minimum absolute atomic E-state index is 0.300. The first-order chi connectivity index (χ1) is 29.5. The molecule has 0 radical (unpaired) electrons. The van der Waals surface area contributed by atoms with Gasteiger partial charge < -0.3 is 13.9 Å². The van der Waals surface area contributed by atoms with Gasteiger partial charge in [-0.3, -0.25) is 4.57 Å². The molecule has 6 aromatic carbocycles. The number of anilines is 2. The highest BCUT2D eigenvalue weighted by atomic mass is 16.3. The van der Waals surface area contributed by atoms with Crippen molar-refractivity contribution in [2.45, 2.75) is 32.2 Å². The Labute approximate surface area is 347 Å². The summed E-state index contributed by atoms with van der Waals surface area (Å²) in [6.45, 7) is 4.59. The van der Waals surface area contributed by atoms with E-state index in [1.165, 1.54) is 32.6 Å². The topological polar surface area (TPSA) is 52.0 Å².